The first-order valence-electron chi connectivity index (χ1n) is 5.64. The molecule has 3 heteroatoms. The van der Waals surface area contributed by atoms with E-state index in [1.807, 2.05) is 25.0 Å². The standard InChI is InChI=1S/C7H12N.C6H11N2/c2*1-6-4-5-7(2)8(6)3/h4H,5H2,1-3H3;4-5H,1-3H3/q2*+1. The summed E-state index contributed by atoms with van der Waals surface area (Å²) in [6.07, 6.45) is 5.42. The fourth-order valence-electron chi connectivity index (χ4n) is 1.54. The minimum Gasteiger partial charge on any atom is -0.207 e. The molecule has 0 saturated heterocycles. The van der Waals surface area contributed by atoms with E-state index < -0.39 is 0 Å². The molecule has 0 unspecified atom stereocenters. The Morgan fingerprint density at radius 1 is 1.19 bits per heavy atom. The van der Waals surface area contributed by atoms with Crippen LogP contribution in [0.25, 0.3) is 0 Å². The maximum Gasteiger partial charge on any atom is 0.195 e. The normalized spacial score (nSPS) is 14.8. The molecule has 1 aromatic rings. The van der Waals surface area contributed by atoms with Crippen molar-refractivity contribution in [1.82, 2.24) is 4.68 Å². The molecule has 0 radical (unpaired) electrons. The summed E-state index contributed by atoms with van der Waals surface area (Å²) in [5.41, 5.74) is 4.11. The predicted molar refractivity (Wildman–Crippen MR) is 66.6 cm³/mol. The number of aromatic nitrogens is 2. The lowest BCUT2D eigenvalue weighted by Crippen LogP contribution is -2.36. The van der Waals surface area contributed by atoms with Crippen molar-refractivity contribution in [1.29, 1.82) is 0 Å². The highest BCUT2D eigenvalue weighted by Crippen LogP contribution is 2.05. The molecule has 0 aromatic carbocycles. The van der Waals surface area contributed by atoms with Crippen molar-refractivity contribution in [3.8, 4) is 0 Å². The molecule has 0 fully saturated rings. The molecule has 0 spiro atoms. The summed E-state index contributed by atoms with van der Waals surface area (Å²) in [5, 5.41) is 0. The first-order chi connectivity index (χ1) is 7.43. The zero-order valence-electron chi connectivity index (χ0n) is 11.3. The van der Waals surface area contributed by atoms with Gasteiger partial charge in [0.2, 0.25) is 0 Å². The van der Waals surface area contributed by atoms with Crippen molar-refractivity contribution in [2.75, 3.05) is 7.05 Å². The van der Waals surface area contributed by atoms with Gasteiger partial charge in [0.15, 0.2) is 24.7 Å². The van der Waals surface area contributed by atoms with Gasteiger partial charge in [-0.15, -0.1) is 4.68 Å². The highest BCUT2D eigenvalue weighted by Gasteiger charge is 2.12. The van der Waals surface area contributed by atoms with E-state index >= 15 is 0 Å². The second-order valence-corrected chi connectivity index (χ2v) is 4.40. The van der Waals surface area contributed by atoms with Crippen LogP contribution in [0.2, 0.25) is 0 Å². The Morgan fingerprint density at radius 2 is 1.81 bits per heavy atom. The molecule has 3 nitrogen and oxygen atoms in total. The molecule has 0 aliphatic carbocycles. The molecule has 2 rings (SSSR count). The zero-order valence-corrected chi connectivity index (χ0v) is 11.3. The van der Waals surface area contributed by atoms with E-state index in [9.17, 15) is 0 Å². The van der Waals surface area contributed by atoms with Crippen molar-refractivity contribution in [3.05, 3.63) is 29.7 Å². The average Bonchev–Trinajstić information content (AvgIpc) is 2.70. The van der Waals surface area contributed by atoms with E-state index in [2.05, 4.69) is 49.2 Å². The Bertz CT molecular complexity index is 411. The number of aryl methyl sites for hydroxylation is 2. The first-order valence-corrected chi connectivity index (χ1v) is 5.64. The third-order valence-corrected chi connectivity index (χ3v) is 3.31. The van der Waals surface area contributed by atoms with Crippen LogP contribution < -0.4 is 4.68 Å². The molecule has 1 aliphatic rings. The van der Waals surface area contributed by atoms with Crippen molar-refractivity contribution >= 4 is 5.71 Å². The van der Waals surface area contributed by atoms with Crippen LogP contribution in [-0.4, -0.2) is 22.0 Å². The predicted octanol–water partition coefficient (Wildman–Crippen LogP) is 1.56. The van der Waals surface area contributed by atoms with Crippen molar-refractivity contribution in [2.24, 2.45) is 14.1 Å². The van der Waals surface area contributed by atoms with E-state index in [0.717, 1.165) is 6.42 Å². The third-order valence-electron chi connectivity index (χ3n) is 3.31. The first kappa shape index (κ1) is 12.7. The van der Waals surface area contributed by atoms with Gasteiger partial charge in [0.05, 0.1) is 19.2 Å². The molecule has 0 N–H and O–H groups in total. The Morgan fingerprint density at radius 3 is 1.94 bits per heavy atom. The molecular formula is C13H23N3+2. The van der Waals surface area contributed by atoms with E-state index in [1.54, 1.807) is 0 Å². The lowest BCUT2D eigenvalue weighted by Gasteiger charge is -1.88. The monoisotopic (exact) mass is 221 g/mol. The summed E-state index contributed by atoms with van der Waals surface area (Å²) in [7, 11) is 6.16. The van der Waals surface area contributed by atoms with E-state index in [0.29, 0.717) is 0 Å². The highest BCUT2D eigenvalue weighted by atomic mass is 15.4. The van der Waals surface area contributed by atoms with Gasteiger partial charge in [-0.2, -0.15) is 4.68 Å². The smallest absolute Gasteiger partial charge is 0.195 e. The molecule has 0 saturated carbocycles. The van der Waals surface area contributed by atoms with Crippen LogP contribution in [0.4, 0.5) is 0 Å². The maximum absolute atomic E-state index is 2.25. The summed E-state index contributed by atoms with van der Waals surface area (Å²) in [4.78, 5) is 0. The molecular weight excluding hydrogens is 198 g/mol. The second kappa shape index (κ2) is 5.10. The van der Waals surface area contributed by atoms with Crippen LogP contribution >= 0.6 is 0 Å². The number of hydrogen-bond acceptors (Lipinski definition) is 0. The van der Waals surface area contributed by atoms with Gasteiger partial charge < -0.3 is 0 Å². The fraction of sp³-hybridized carbons (Fsp3) is 0.538. The van der Waals surface area contributed by atoms with E-state index in [-0.39, 0.29) is 0 Å². The number of nitrogens with zero attached hydrogens (tertiary/aromatic N) is 3. The Balaban J connectivity index is 0.000000160. The molecule has 1 aromatic heterocycles. The summed E-state index contributed by atoms with van der Waals surface area (Å²) in [6.45, 7) is 6.38. The quantitative estimate of drug-likeness (QED) is 0.589. The van der Waals surface area contributed by atoms with Gasteiger partial charge in [0.25, 0.3) is 0 Å². The highest BCUT2D eigenvalue weighted by molar-refractivity contribution is 5.80. The molecule has 16 heavy (non-hydrogen) atoms. The van der Waals surface area contributed by atoms with Gasteiger partial charge in [0, 0.05) is 19.9 Å². The van der Waals surface area contributed by atoms with Crippen LogP contribution in [0.5, 0.6) is 0 Å². The number of hydrogen-bond donors (Lipinski definition) is 0. The summed E-state index contributed by atoms with van der Waals surface area (Å²) >= 11 is 0. The van der Waals surface area contributed by atoms with Gasteiger partial charge in [0.1, 0.15) is 7.05 Å². The van der Waals surface area contributed by atoms with E-state index in [1.165, 1.54) is 17.1 Å². The maximum atomic E-state index is 2.25. The topological polar surface area (TPSA) is 11.8 Å². The van der Waals surface area contributed by atoms with Gasteiger partial charge in [-0.25, -0.2) is 4.58 Å². The van der Waals surface area contributed by atoms with Crippen LogP contribution in [0.3, 0.4) is 0 Å². The fourth-order valence-corrected chi connectivity index (χ4v) is 1.54. The van der Waals surface area contributed by atoms with Gasteiger partial charge >= 0.3 is 0 Å². The summed E-state index contributed by atoms with van der Waals surface area (Å²) < 4.78 is 6.34. The van der Waals surface area contributed by atoms with Crippen LogP contribution in [0.15, 0.2) is 24.0 Å². The zero-order chi connectivity index (χ0) is 12.3. The van der Waals surface area contributed by atoms with Crippen molar-refractivity contribution in [2.45, 2.75) is 27.2 Å². The van der Waals surface area contributed by atoms with Gasteiger partial charge in [-0.05, 0) is 13.0 Å². The lowest BCUT2D eigenvalue weighted by molar-refractivity contribution is -0.751. The summed E-state index contributed by atoms with van der Waals surface area (Å²) in [6, 6.07) is 2.08. The minimum absolute atomic E-state index is 1.14. The molecule has 2 heterocycles. The Labute approximate surface area is 98.3 Å². The van der Waals surface area contributed by atoms with Crippen LogP contribution in [0.1, 0.15) is 26.0 Å². The van der Waals surface area contributed by atoms with Crippen molar-refractivity contribution in [3.63, 3.8) is 0 Å². The summed E-state index contributed by atoms with van der Waals surface area (Å²) in [5.74, 6) is 0. The molecule has 0 bridgehead atoms. The van der Waals surface area contributed by atoms with Gasteiger partial charge in [-0.3, -0.25) is 0 Å². The van der Waals surface area contributed by atoms with E-state index in [4.69, 9.17) is 0 Å². The number of allylic oxidation sites excluding steroid dienone is 2. The third kappa shape index (κ3) is 2.81. The molecule has 0 atom stereocenters. The average molecular weight is 221 g/mol. The molecule has 88 valence electrons. The van der Waals surface area contributed by atoms with Crippen LogP contribution in [0, 0.1) is 6.92 Å². The second-order valence-electron chi connectivity index (χ2n) is 4.40. The molecule has 0 amide bonds. The van der Waals surface area contributed by atoms with Gasteiger partial charge in [-0.1, -0.05) is 0 Å². The number of rotatable bonds is 0. The van der Waals surface area contributed by atoms with Crippen molar-refractivity contribution < 1.29 is 9.26 Å². The minimum atomic E-state index is 1.14. The Hall–Kier alpha value is -1.38. The lowest BCUT2D eigenvalue weighted by atomic mass is 10.3. The van der Waals surface area contributed by atoms with Crippen LogP contribution in [-0.2, 0) is 14.1 Å². The largest absolute Gasteiger partial charge is 0.207 e. The molecule has 1 aliphatic heterocycles. The SMILES string of the molecule is CC1=CCC(C)=[N+]1C.Cc1cc[n+](C)n1C. The Kier molecular flexibility index (Phi) is 4.05.